The van der Waals surface area contributed by atoms with Crippen molar-refractivity contribution in [3.8, 4) is 0 Å². The number of likely N-dealkylation sites (tertiary alicyclic amines) is 1. The van der Waals surface area contributed by atoms with E-state index in [1.54, 1.807) is 0 Å². The van der Waals surface area contributed by atoms with Crippen molar-refractivity contribution in [1.82, 2.24) is 35.1 Å². The number of aromatic nitrogens is 5. The largest absolute Gasteiger partial charge is 0.379 e. The van der Waals surface area contributed by atoms with Gasteiger partial charge in [-0.1, -0.05) is 17.3 Å². The third-order valence-electron chi connectivity index (χ3n) is 6.60. The first-order valence-electron chi connectivity index (χ1n) is 10.6. The molecule has 0 bridgehead atoms. The molecule has 1 aliphatic carbocycles. The molecule has 9 heteroatoms. The van der Waals surface area contributed by atoms with E-state index in [1.807, 2.05) is 38.0 Å². The summed E-state index contributed by atoms with van der Waals surface area (Å²) in [6.45, 7) is 3.84. The summed E-state index contributed by atoms with van der Waals surface area (Å²) in [6.07, 6.45) is 4.38. The highest BCUT2D eigenvalue weighted by atomic mass is 16.6. The minimum atomic E-state index is 0.170. The van der Waals surface area contributed by atoms with Crippen LogP contribution in [0.4, 0.5) is 0 Å². The zero-order chi connectivity index (χ0) is 20.7. The summed E-state index contributed by atoms with van der Waals surface area (Å²) < 4.78 is 12.9. The standard InChI is InChI=1S/C21H29N7O2/c1-26(2)12-17-13-28(25-22-17)19-7-15-10-27(11-16(15)8-20(19)29-3)9-14-5-4-6-18-21(14)24-30-23-18/h4-6,13,15-16,19-20H,7-12H2,1-3H3/t15-,16+,19-,20-/m1/s1. The molecule has 1 aromatic carbocycles. The molecule has 0 amide bonds. The van der Waals surface area contributed by atoms with Crippen LogP contribution in [0.15, 0.2) is 29.0 Å². The van der Waals surface area contributed by atoms with Crippen molar-refractivity contribution in [2.24, 2.45) is 11.8 Å². The van der Waals surface area contributed by atoms with Crippen molar-refractivity contribution in [2.45, 2.75) is 38.1 Å². The van der Waals surface area contributed by atoms with Gasteiger partial charge in [-0.05, 0) is 60.7 Å². The summed E-state index contributed by atoms with van der Waals surface area (Å²) in [4.78, 5) is 4.64. The topological polar surface area (TPSA) is 85.3 Å². The lowest BCUT2D eigenvalue weighted by atomic mass is 9.77. The summed E-state index contributed by atoms with van der Waals surface area (Å²) in [5.74, 6) is 1.28. The maximum atomic E-state index is 5.91. The molecule has 3 heterocycles. The van der Waals surface area contributed by atoms with Crippen molar-refractivity contribution in [1.29, 1.82) is 0 Å². The van der Waals surface area contributed by atoms with E-state index in [4.69, 9.17) is 9.37 Å². The molecule has 30 heavy (non-hydrogen) atoms. The SMILES string of the molecule is CO[C@@H]1C[C@H]2CN(Cc3cccc4nonc34)C[C@H]2C[C@H]1n1cc(CN(C)C)nn1. The van der Waals surface area contributed by atoms with E-state index < -0.39 is 0 Å². The summed E-state index contributed by atoms with van der Waals surface area (Å²) in [7, 11) is 5.91. The van der Waals surface area contributed by atoms with E-state index in [0.29, 0.717) is 11.8 Å². The van der Waals surface area contributed by atoms with Gasteiger partial charge >= 0.3 is 0 Å². The summed E-state index contributed by atoms with van der Waals surface area (Å²) in [6, 6.07) is 6.33. The van der Waals surface area contributed by atoms with Gasteiger partial charge in [-0.25, -0.2) is 9.31 Å². The van der Waals surface area contributed by atoms with Gasteiger partial charge in [0.1, 0.15) is 11.0 Å². The zero-order valence-electron chi connectivity index (χ0n) is 17.8. The summed E-state index contributed by atoms with van der Waals surface area (Å²) in [5.41, 5.74) is 3.87. The number of methoxy groups -OCH3 is 1. The number of ether oxygens (including phenoxy) is 1. The van der Waals surface area contributed by atoms with Crippen LogP contribution in [-0.2, 0) is 17.8 Å². The number of hydrogen-bond donors (Lipinski definition) is 0. The summed E-state index contributed by atoms with van der Waals surface area (Å²) >= 11 is 0. The van der Waals surface area contributed by atoms with E-state index in [1.165, 1.54) is 5.56 Å². The Kier molecular flexibility index (Phi) is 5.26. The molecule has 0 unspecified atom stereocenters. The van der Waals surface area contributed by atoms with Crippen LogP contribution in [0.5, 0.6) is 0 Å². The molecule has 160 valence electrons. The first-order chi connectivity index (χ1) is 14.6. The van der Waals surface area contributed by atoms with Crippen LogP contribution >= 0.6 is 0 Å². The third-order valence-corrected chi connectivity index (χ3v) is 6.60. The second-order valence-electron chi connectivity index (χ2n) is 9.00. The first kappa shape index (κ1) is 19.6. The van der Waals surface area contributed by atoms with E-state index in [2.05, 4.69) is 42.7 Å². The Morgan fingerprint density at radius 1 is 1.17 bits per heavy atom. The quantitative estimate of drug-likeness (QED) is 0.609. The van der Waals surface area contributed by atoms with Crippen LogP contribution in [0, 0.1) is 11.8 Å². The summed E-state index contributed by atoms with van der Waals surface area (Å²) in [5, 5.41) is 16.9. The van der Waals surface area contributed by atoms with Gasteiger partial charge in [0.15, 0.2) is 0 Å². The number of rotatable bonds is 6. The number of benzene rings is 1. The van der Waals surface area contributed by atoms with Crippen molar-refractivity contribution >= 4 is 11.0 Å². The molecule has 2 fully saturated rings. The molecule has 0 spiro atoms. The molecular formula is C21H29N7O2. The molecule has 1 saturated carbocycles. The lowest BCUT2D eigenvalue weighted by molar-refractivity contribution is -0.00547. The number of fused-ring (bicyclic) bond motifs is 2. The normalized spacial score (nSPS) is 27.2. The predicted molar refractivity (Wildman–Crippen MR) is 111 cm³/mol. The van der Waals surface area contributed by atoms with Gasteiger partial charge in [0.25, 0.3) is 0 Å². The highest BCUT2D eigenvalue weighted by Gasteiger charge is 2.43. The molecule has 0 radical (unpaired) electrons. The van der Waals surface area contributed by atoms with Crippen LogP contribution in [0.2, 0.25) is 0 Å². The molecule has 0 N–H and O–H groups in total. The van der Waals surface area contributed by atoms with E-state index in [-0.39, 0.29) is 12.1 Å². The van der Waals surface area contributed by atoms with Gasteiger partial charge in [-0.15, -0.1) is 5.10 Å². The maximum absolute atomic E-state index is 5.91. The van der Waals surface area contributed by atoms with Crippen molar-refractivity contribution in [2.75, 3.05) is 34.3 Å². The van der Waals surface area contributed by atoms with Crippen LogP contribution in [-0.4, -0.2) is 75.5 Å². The van der Waals surface area contributed by atoms with E-state index in [9.17, 15) is 0 Å². The van der Waals surface area contributed by atoms with Crippen LogP contribution in [0.1, 0.15) is 30.1 Å². The Bertz CT molecular complexity index is 1000. The predicted octanol–water partition coefficient (Wildman–Crippen LogP) is 1.97. The first-order valence-corrected chi connectivity index (χ1v) is 10.6. The Morgan fingerprint density at radius 3 is 2.80 bits per heavy atom. The molecule has 1 saturated heterocycles. The fourth-order valence-electron chi connectivity index (χ4n) is 5.25. The van der Waals surface area contributed by atoms with E-state index in [0.717, 1.165) is 55.7 Å². The van der Waals surface area contributed by atoms with Crippen LogP contribution in [0.25, 0.3) is 11.0 Å². The van der Waals surface area contributed by atoms with Gasteiger partial charge in [-0.3, -0.25) is 4.90 Å². The van der Waals surface area contributed by atoms with Gasteiger partial charge in [0.05, 0.1) is 24.0 Å². The van der Waals surface area contributed by atoms with Crippen LogP contribution in [0.3, 0.4) is 0 Å². The number of nitrogens with zero attached hydrogens (tertiary/aromatic N) is 7. The fourth-order valence-corrected chi connectivity index (χ4v) is 5.25. The molecule has 4 atom stereocenters. The van der Waals surface area contributed by atoms with Crippen LogP contribution < -0.4 is 0 Å². The maximum Gasteiger partial charge on any atom is 0.139 e. The average molecular weight is 412 g/mol. The number of hydrogen-bond acceptors (Lipinski definition) is 8. The second-order valence-corrected chi connectivity index (χ2v) is 9.00. The van der Waals surface area contributed by atoms with Crippen molar-refractivity contribution in [3.05, 3.63) is 35.7 Å². The minimum Gasteiger partial charge on any atom is -0.379 e. The lowest BCUT2D eigenvalue weighted by Gasteiger charge is -2.37. The highest BCUT2D eigenvalue weighted by molar-refractivity contribution is 5.76. The minimum absolute atomic E-state index is 0.170. The Labute approximate surface area is 175 Å². The molecular weight excluding hydrogens is 382 g/mol. The Hall–Kier alpha value is -2.36. The average Bonchev–Trinajstić information content (AvgIpc) is 3.45. The smallest absolute Gasteiger partial charge is 0.139 e. The lowest BCUT2D eigenvalue weighted by Crippen LogP contribution is -2.37. The van der Waals surface area contributed by atoms with Gasteiger partial charge in [-0.2, -0.15) is 0 Å². The molecule has 5 rings (SSSR count). The van der Waals surface area contributed by atoms with Gasteiger partial charge in [0.2, 0.25) is 0 Å². The fraction of sp³-hybridized carbons (Fsp3) is 0.619. The second kappa shape index (κ2) is 8.05. The van der Waals surface area contributed by atoms with E-state index >= 15 is 0 Å². The Morgan fingerprint density at radius 2 is 2.00 bits per heavy atom. The van der Waals surface area contributed by atoms with Gasteiger partial charge in [0, 0.05) is 33.3 Å². The third kappa shape index (κ3) is 3.73. The molecule has 2 aliphatic rings. The van der Waals surface area contributed by atoms with Gasteiger partial charge < -0.3 is 9.64 Å². The Balaban J connectivity index is 1.29. The molecule has 9 nitrogen and oxygen atoms in total. The zero-order valence-corrected chi connectivity index (χ0v) is 17.8. The molecule has 2 aromatic heterocycles. The molecule has 3 aromatic rings. The van der Waals surface area contributed by atoms with Crippen molar-refractivity contribution in [3.63, 3.8) is 0 Å². The monoisotopic (exact) mass is 411 g/mol. The van der Waals surface area contributed by atoms with Crippen molar-refractivity contribution < 1.29 is 9.37 Å². The molecule has 1 aliphatic heterocycles. The highest BCUT2D eigenvalue weighted by Crippen LogP contribution is 2.42.